The van der Waals surface area contributed by atoms with Crippen LogP contribution in [-0.4, -0.2) is 18.1 Å². The van der Waals surface area contributed by atoms with Gasteiger partial charge >= 0.3 is 0 Å². The topological polar surface area (TPSA) is 42.1 Å². The lowest BCUT2D eigenvalue weighted by Crippen LogP contribution is -2.28. The fourth-order valence-electron chi connectivity index (χ4n) is 1.40. The monoisotopic (exact) mass is 207 g/mol. The molecule has 0 bridgehead atoms. The lowest BCUT2D eigenvalue weighted by atomic mass is 10.2. The van der Waals surface area contributed by atoms with Crippen molar-refractivity contribution in [3.8, 4) is 0 Å². The van der Waals surface area contributed by atoms with Gasteiger partial charge in [0.1, 0.15) is 0 Å². The molecule has 2 N–H and O–H groups in total. The SMILES string of the molecule is CCC(C)N(C)c1ccc([C@@H](C)N)nc1. The predicted octanol–water partition coefficient (Wildman–Crippen LogP) is 2.34. The van der Waals surface area contributed by atoms with E-state index in [1.807, 2.05) is 19.2 Å². The first-order valence-electron chi connectivity index (χ1n) is 5.50. The number of nitrogens with zero attached hydrogens (tertiary/aromatic N) is 2. The van der Waals surface area contributed by atoms with Crippen molar-refractivity contribution in [1.82, 2.24) is 4.98 Å². The molecule has 1 rings (SSSR count). The lowest BCUT2D eigenvalue weighted by Gasteiger charge is -2.25. The number of pyridine rings is 1. The highest BCUT2D eigenvalue weighted by atomic mass is 15.1. The molecule has 0 aliphatic rings. The van der Waals surface area contributed by atoms with Crippen molar-refractivity contribution >= 4 is 5.69 Å². The number of aromatic nitrogens is 1. The fraction of sp³-hybridized carbons (Fsp3) is 0.583. The Balaban J connectivity index is 2.79. The maximum Gasteiger partial charge on any atom is 0.0569 e. The Hall–Kier alpha value is -1.09. The molecular weight excluding hydrogens is 186 g/mol. The van der Waals surface area contributed by atoms with Crippen molar-refractivity contribution in [2.24, 2.45) is 5.73 Å². The second kappa shape index (κ2) is 5.12. The van der Waals surface area contributed by atoms with E-state index >= 15 is 0 Å². The molecule has 1 heterocycles. The third kappa shape index (κ3) is 2.93. The summed E-state index contributed by atoms with van der Waals surface area (Å²) in [6, 6.07) is 4.62. The molecular formula is C12H21N3. The van der Waals surface area contributed by atoms with Crippen LogP contribution in [0.2, 0.25) is 0 Å². The Bertz CT molecular complexity index is 292. The Morgan fingerprint density at radius 3 is 2.47 bits per heavy atom. The quantitative estimate of drug-likeness (QED) is 0.824. The van der Waals surface area contributed by atoms with Gasteiger partial charge in [0.25, 0.3) is 0 Å². The molecule has 0 saturated carbocycles. The zero-order valence-electron chi connectivity index (χ0n) is 10.1. The minimum absolute atomic E-state index is 0.00737. The average molecular weight is 207 g/mol. The van der Waals surface area contributed by atoms with Gasteiger partial charge in [0, 0.05) is 19.1 Å². The van der Waals surface area contributed by atoms with E-state index in [9.17, 15) is 0 Å². The molecule has 0 amide bonds. The van der Waals surface area contributed by atoms with Gasteiger partial charge in [-0.05, 0) is 32.4 Å². The van der Waals surface area contributed by atoms with Crippen LogP contribution >= 0.6 is 0 Å². The largest absolute Gasteiger partial charge is 0.371 e. The predicted molar refractivity (Wildman–Crippen MR) is 65.0 cm³/mol. The molecule has 3 nitrogen and oxygen atoms in total. The minimum atomic E-state index is 0.00737. The average Bonchev–Trinajstić information content (AvgIpc) is 2.27. The summed E-state index contributed by atoms with van der Waals surface area (Å²) in [7, 11) is 2.09. The van der Waals surface area contributed by atoms with Crippen LogP contribution in [0.15, 0.2) is 18.3 Å². The third-order valence-electron chi connectivity index (χ3n) is 2.90. The van der Waals surface area contributed by atoms with E-state index in [2.05, 4.69) is 36.8 Å². The molecule has 0 saturated heterocycles. The third-order valence-corrected chi connectivity index (χ3v) is 2.90. The van der Waals surface area contributed by atoms with Gasteiger partial charge in [-0.15, -0.1) is 0 Å². The summed E-state index contributed by atoms with van der Waals surface area (Å²) in [6.45, 7) is 6.34. The summed E-state index contributed by atoms with van der Waals surface area (Å²) in [5.74, 6) is 0. The summed E-state index contributed by atoms with van der Waals surface area (Å²) in [5, 5.41) is 0. The van der Waals surface area contributed by atoms with E-state index in [0.29, 0.717) is 6.04 Å². The highest BCUT2D eigenvalue weighted by Crippen LogP contribution is 2.17. The van der Waals surface area contributed by atoms with Gasteiger partial charge < -0.3 is 10.6 Å². The molecule has 2 atom stereocenters. The van der Waals surface area contributed by atoms with Crippen LogP contribution in [0.1, 0.15) is 38.9 Å². The molecule has 1 aromatic rings. The van der Waals surface area contributed by atoms with Gasteiger partial charge in [-0.3, -0.25) is 4.98 Å². The number of nitrogens with two attached hydrogens (primary N) is 1. The summed E-state index contributed by atoms with van der Waals surface area (Å²) < 4.78 is 0. The van der Waals surface area contributed by atoms with Gasteiger partial charge in [0.05, 0.1) is 17.6 Å². The number of rotatable bonds is 4. The van der Waals surface area contributed by atoms with E-state index < -0.39 is 0 Å². The normalized spacial score (nSPS) is 14.7. The van der Waals surface area contributed by atoms with E-state index in [1.54, 1.807) is 0 Å². The second-order valence-corrected chi connectivity index (χ2v) is 4.10. The van der Waals surface area contributed by atoms with Crippen molar-refractivity contribution in [1.29, 1.82) is 0 Å². The first-order valence-corrected chi connectivity index (χ1v) is 5.50. The standard InChI is InChI=1S/C12H21N3/c1-5-9(2)15(4)11-6-7-12(10(3)13)14-8-11/h6-10H,5,13H2,1-4H3/t9?,10-/m1/s1. The van der Waals surface area contributed by atoms with Crippen molar-refractivity contribution in [3.63, 3.8) is 0 Å². The summed E-state index contributed by atoms with van der Waals surface area (Å²) in [5.41, 5.74) is 7.84. The molecule has 0 aromatic carbocycles. The van der Waals surface area contributed by atoms with Gasteiger partial charge in [-0.25, -0.2) is 0 Å². The molecule has 0 spiro atoms. The van der Waals surface area contributed by atoms with Crippen molar-refractivity contribution in [3.05, 3.63) is 24.0 Å². The summed E-state index contributed by atoms with van der Waals surface area (Å²) in [6.07, 6.45) is 3.02. The van der Waals surface area contributed by atoms with E-state index in [1.165, 1.54) is 0 Å². The van der Waals surface area contributed by atoms with Crippen LogP contribution in [0.25, 0.3) is 0 Å². The Morgan fingerprint density at radius 1 is 1.40 bits per heavy atom. The second-order valence-electron chi connectivity index (χ2n) is 4.10. The smallest absolute Gasteiger partial charge is 0.0569 e. The Labute approximate surface area is 92.3 Å². The van der Waals surface area contributed by atoms with Gasteiger partial charge in [-0.2, -0.15) is 0 Å². The zero-order chi connectivity index (χ0) is 11.4. The van der Waals surface area contributed by atoms with Crippen LogP contribution in [0.5, 0.6) is 0 Å². The first kappa shape index (κ1) is 12.0. The maximum absolute atomic E-state index is 5.75. The highest BCUT2D eigenvalue weighted by Gasteiger charge is 2.08. The minimum Gasteiger partial charge on any atom is -0.371 e. The number of hydrogen-bond acceptors (Lipinski definition) is 3. The van der Waals surface area contributed by atoms with Crippen LogP contribution in [-0.2, 0) is 0 Å². The molecule has 0 fully saturated rings. The van der Waals surface area contributed by atoms with Crippen LogP contribution < -0.4 is 10.6 Å². The first-order chi connectivity index (χ1) is 7.06. The van der Waals surface area contributed by atoms with E-state index in [4.69, 9.17) is 5.73 Å². The van der Waals surface area contributed by atoms with Crippen molar-refractivity contribution in [2.45, 2.75) is 39.3 Å². The fourth-order valence-corrected chi connectivity index (χ4v) is 1.40. The number of anilines is 1. The van der Waals surface area contributed by atoms with Crippen molar-refractivity contribution < 1.29 is 0 Å². The van der Waals surface area contributed by atoms with Crippen LogP contribution in [0, 0.1) is 0 Å². The Morgan fingerprint density at radius 2 is 2.07 bits per heavy atom. The molecule has 15 heavy (non-hydrogen) atoms. The molecule has 84 valence electrons. The summed E-state index contributed by atoms with van der Waals surface area (Å²) >= 11 is 0. The molecule has 0 aliphatic heterocycles. The van der Waals surface area contributed by atoms with E-state index in [-0.39, 0.29) is 6.04 Å². The van der Waals surface area contributed by atoms with Gasteiger partial charge in [0.15, 0.2) is 0 Å². The highest BCUT2D eigenvalue weighted by molar-refractivity contribution is 5.44. The zero-order valence-corrected chi connectivity index (χ0v) is 10.1. The maximum atomic E-state index is 5.75. The molecule has 1 aromatic heterocycles. The lowest BCUT2D eigenvalue weighted by molar-refractivity contribution is 0.662. The number of hydrogen-bond donors (Lipinski definition) is 1. The van der Waals surface area contributed by atoms with Crippen LogP contribution in [0.4, 0.5) is 5.69 Å². The van der Waals surface area contributed by atoms with Crippen LogP contribution in [0.3, 0.4) is 0 Å². The van der Waals surface area contributed by atoms with Gasteiger partial charge in [0.2, 0.25) is 0 Å². The summed E-state index contributed by atoms with van der Waals surface area (Å²) in [4.78, 5) is 6.58. The van der Waals surface area contributed by atoms with Crippen molar-refractivity contribution in [2.75, 3.05) is 11.9 Å². The molecule has 3 heteroatoms. The van der Waals surface area contributed by atoms with Gasteiger partial charge in [-0.1, -0.05) is 6.92 Å². The molecule has 0 radical (unpaired) electrons. The molecule has 0 aliphatic carbocycles. The Kier molecular flexibility index (Phi) is 4.09. The van der Waals surface area contributed by atoms with E-state index in [0.717, 1.165) is 17.8 Å². The molecule has 1 unspecified atom stereocenters.